The first-order valence-corrected chi connectivity index (χ1v) is 11.4. The second kappa shape index (κ2) is 5.47. The number of hydrogen-bond donors (Lipinski definition) is 0. The summed E-state index contributed by atoms with van der Waals surface area (Å²) in [5.41, 5.74) is 2.72. The maximum atomic E-state index is 2.37. The molecule has 0 heterocycles. The van der Waals surface area contributed by atoms with Crippen LogP contribution < -0.4 is 0 Å². The summed E-state index contributed by atoms with van der Waals surface area (Å²) in [5.74, 6) is 0. The SMILES string of the molecule is Cc1ccc2c3ccc4c5cccc6cccc(c7ccc(c8ccc(C)c1c28)c3c47)c65. The maximum absolute atomic E-state index is 2.37. The highest BCUT2D eigenvalue weighted by atomic mass is 14.2. The Hall–Kier alpha value is -3.90. The van der Waals surface area contributed by atoms with Crippen molar-refractivity contribution < 1.29 is 0 Å². The summed E-state index contributed by atoms with van der Waals surface area (Å²) in [6.45, 7) is 4.48. The molecule has 0 unspecified atom stereocenters. The summed E-state index contributed by atoms with van der Waals surface area (Å²) in [6.07, 6.45) is 0. The van der Waals surface area contributed by atoms with Crippen LogP contribution in [-0.2, 0) is 0 Å². The van der Waals surface area contributed by atoms with Crippen LogP contribution in [0.4, 0.5) is 0 Å². The summed E-state index contributed by atoms with van der Waals surface area (Å²) < 4.78 is 0. The van der Waals surface area contributed by atoms with Crippen molar-refractivity contribution in [3.05, 3.63) is 96.1 Å². The van der Waals surface area contributed by atoms with Gasteiger partial charge in [0.2, 0.25) is 0 Å². The first-order chi connectivity index (χ1) is 15.7. The molecule has 8 aromatic rings. The van der Waals surface area contributed by atoms with E-state index in [1.54, 1.807) is 0 Å². The second-order valence-corrected chi connectivity index (χ2v) is 9.39. The van der Waals surface area contributed by atoms with Crippen LogP contribution in [-0.4, -0.2) is 0 Å². The van der Waals surface area contributed by atoms with Crippen molar-refractivity contribution in [2.24, 2.45) is 0 Å². The largest absolute Gasteiger partial charge is 0.0610 e. The highest BCUT2D eigenvalue weighted by Crippen LogP contribution is 2.47. The van der Waals surface area contributed by atoms with Gasteiger partial charge in [0, 0.05) is 0 Å². The van der Waals surface area contributed by atoms with Crippen LogP contribution in [0.1, 0.15) is 11.1 Å². The Morgan fingerprint density at radius 3 is 1.09 bits per heavy atom. The molecule has 8 rings (SSSR count). The average molecular weight is 405 g/mol. The number of aryl methyl sites for hydroxylation is 2. The zero-order valence-corrected chi connectivity index (χ0v) is 18.1. The first-order valence-electron chi connectivity index (χ1n) is 11.4. The van der Waals surface area contributed by atoms with E-state index in [1.807, 2.05) is 0 Å². The van der Waals surface area contributed by atoms with E-state index in [1.165, 1.54) is 86.5 Å². The van der Waals surface area contributed by atoms with Gasteiger partial charge < -0.3 is 0 Å². The number of rotatable bonds is 0. The molecule has 0 heteroatoms. The van der Waals surface area contributed by atoms with E-state index >= 15 is 0 Å². The van der Waals surface area contributed by atoms with Crippen LogP contribution >= 0.6 is 0 Å². The highest BCUT2D eigenvalue weighted by Gasteiger charge is 2.19. The number of fused-ring (bicyclic) bond motifs is 4. The average Bonchev–Trinajstić information content (AvgIpc) is 2.83. The minimum Gasteiger partial charge on any atom is -0.0610 e. The van der Waals surface area contributed by atoms with Gasteiger partial charge in [0.15, 0.2) is 0 Å². The normalized spacial score (nSPS) is 12.7. The molecule has 0 spiro atoms. The van der Waals surface area contributed by atoms with Crippen molar-refractivity contribution in [3.8, 4) is 0 Å². The highest BCUT2D eigenvalue weighted by molar-refractivity contribution is 6.42. The fourth-order valence-electron chi connectivity index (χ4n) is 6.50. The number of benzene rings is 8. The molecule has 0 saturated carbocycles. The lowest BCUT2D eigenvalue weighted by Gasteiger charge is -2.20. The summed E-state index contributed by atoms with van der Waals surface area (Å²) in [7, 11) is 0. The van der Waals surface area contributed by atoms with Crippen molar-refractivity contribution in [2.45, 2.75) is 13.8 Å². The zero-order chi connectivity index (χ0) is 21.1. The first kappa shape index (κ1) is 16.8. The van der Waals surface area contributed by atoms with E-state index in [2.05, 4.69) is 98.8 Å². The van der Waals surface area contributed by atoms with Gasteiger partial charge in [-0.15, -0.1) is 0 Å². The van der Waals surface area contributed by atoms with Crippen molar-refractivity contribution in [1.82, 2.24) is 0 Å². The van der Waals surface area contributed by atoms with E-state index in [0.717, 1.165) is 0 Å². The van der Waals surface area contributed by atoms with Gasteiger partial charge in [-0.2, -0.15) is 0 Å². The minimum absolute atomic E-state index is 1.32. The predicted molar refractivity (Wildman–Crippen MR) is 141 cm³/mol. The Balaban J connectivity index is 1.77. The molecule has 0 aliphatic rings. The molecule has 0 aromatic heterocycles. The van der Waals surface area contributed by atoms with E-state index in [9.17, 15) is 0 Å². The molecule has 0 amide bonds. The molecule has 0 atom stereocenters. The number of hydrogen-bond acceptors (Lipinski definition) is 0. The Morgan fingerprint density at radius 1 is 0.312 bits per heavy atom. The Morgan fingerprint density at radius 2 is 0.656 bits per heavy atom. The molecule has 32 heavy (non-hydrogen) atoms. The smallest absolute Gasteiger partial charge is 0.00139 e. The van der Waals surface area contributed by atoms with Gasteiger partial charge in [-0.3, -0.25) is 0 Å². The molecule has 8 aromatic carbocycles. The summed E-state index contributed by atoms with van der Waals surface area (Å²) in [5, 5.41) is 19.3. The third kappa shape index (κ3) is 1.78. The molecule has 148 valence electrons. The van der Waals surface area contributed by atoms with E-state index in [-0.39, 0.29) is 0 Å². The Bertz CT molecular complexity index is 1900. The lowest BCUT2D eigenvalue weighted by atomic mass is 9.83. The molecular weight excluding hydrogens is 384 g/mol. The van der Waals surface area contributed by atoms with Crippen LogP contribution in [0.5, 0.6) is 0 Å². The van der Waals surface area contributed by atoms with Crippen molar-refractivity contribution in [3.63, 3.8) is 0 Å². The molecule has 0 N–H and O–H groups in total. The van der Waals surface area contributed by atoms with E-state index in [0.29, 0.717) is 0 Å². The lowest BCUT2D eigenvalue weighted by molar-refractivity contribution is 1.48. The monoisotopic (exact) mass is 404 g/mol. The van der Waals surface area contributed by atoms with Crippen LogP contribution in [0, 0.1) is 13.8 Å². The van der Waals surface area contributed by atoms with Crippen LogP contribution in [0.15, 0.2) is 84.9 Å². The van der Waals surface area contributed by atoms with Gasteiger partial charge in [-0.1, -0.05) is 84.9 Å². The van der Waals surface area contributed by atoms with Crippen LogP contribution in [0.3, 0.4) is 0 Å². The molecule has 0 bridgehead atoms. The van der Waals surface area contributed by atoms with Gasteiger partial charge in [0.25, 0.3) is 0 Å². The molecule has 0 radical (unpaired) electrons. The lowest BCUT2D eigenvalue weighted by Crippen LogP contribution is -1.92. The van der Waals surface area contributed by atoms with E-state index in [4.69, 9.17) is 0 Å². The molecule has 0 nitrogen and oxygen atoms in total. The summed E-state index contributed by atoms with van der Waals surface area (Å²) >= 11 is 0. The van der Waals surface area contributed by atoms with Gasteiger partial charge in [0.05, 0.1) is 0 Å². The molecule has 0 aliphatic carbocycles. The van der Waals surface area contributed by atoms with Gasteiger partial charge in [-0.25, -0.2) is 0 Å². The van der Waals surface area contributed by atoms with Gasteiger partial charge in [0.1, 0.15) is 0 Å². The predicted octanol–water partition coefficient (Wildman–Crippen LogP) is 9.25. The summed E-state index contributed by atoms with van der Waals surface area (Å²) in [4.78, 5) is 0. The molecule has 0 aliphatic heterocycles. The third-order valence-electron chi connectivity index (χ3n) is 7.80. The van der Waals surface area contributed by atoms with Gasteiger partial charge >= 0.3 is 0 Å². The van der Waals surface area contributed by atoms with Crippen molar-refractivity contribution >= 4 is 75.4 Å². The Kier molecular flexibility index (Phi) is 2.86. The van der Waals surface area contributed by atoms with Gasteiger partial charge in [-0.05, 0) is 100 Å². The third-order valence-corrected chi connectivity index (χ3v) is 7.80. The Labute approximate surface area is 185 Å². The molecule has 0 fully saturated rings. The molecule has 0 saturated heterocycles. The minimum atomic E-state index is 1.32. The maximum Gasteiger partial charge on any atom is -0.00139 e. The van der Waals surface area contributed by atoms with Crippen molar-refractivity contribution in [1.29, 1.82) is 0 Å². The van der Waals surface area contributed by atoms with Crippen molar-refractivity contribution in [2.75, 3.05) is 0 Å². The van der Waals surface area contributed by atoms with Crippen LogP contribution in [0.25, 0.3) is 75.4 Å². The fourth-order valence-corrected chi connectivity index (χ4v) is 6.50. The topological polar surface area (TPSA) is 0 Å². The van der Waals surface area contributed by atoms with Crippen LogP contribution in [0.2, 0.25) is 0 Å². The second-order valence-electron chi connectivity index (χ2n) is 9.39. The standard InChI is InChI=1S/C32H20/c1-17-9-11-22-26-15-13-24-20-7-3-5-19-6-4-8-21(29(19)20)25-14-16-27(32(26)31(24)25)23-12-10-18(2)28(17)30(22)23/h3-16H,1-2H3. The van der Waals surface area contributed by atoms with E-state index < -0.39 is 0 Å². The quantitative estimate of drug-likeness (QED) is 0.174. The summed E-state index contributed by atoms with van der Waals surface area (Å²) in [6, 6.07) is 32.2. The molecular formula is C32H20. The fraction of sp³-hybridized carbons (Fsp3) is 0.0625. The zero-order valence-electron chi connectivity index (χ0n) is 18.1.